The van der Waals surface area contributed by atoms with E-state index in [1.165, 1.54) is 44.7 Å². The van der Waals surface area contributed by atoms with Crippen LogP contribution in [0.4, 0.5) is 21.5 Å². The Balaban J connectivity index is 1.42. The quantitative estimate of drug-likeness (QED) is 0.205. The fraction of sp³-hybridized carbons (Fsp3) is 0. The van der Waals surface area contributed by atoms with Crippen LogP contribution in [0.5, 0.6) is 0 Å². The average molecular weight is 555 g/mol. The van der Waals surface area contributed by atoms with Gasteiger partial charge in [-0.1, -0.05) is 97.1 Å². The number of para-hydroxylation sites is 4. The van der Waals surface area contributed by atoms with E-state index in [0.29, 0.717) is 0 Å². The Kier molecular flexibility index (Phi) is 6.01. The highest BCUT2D eigenvalue weighted by atomic mass is 19.1. The molecule has 0 saturated carbocycles. The number of benzene rings is 7. The third kappa shape index (κ3) is 4.25. The van der Waals surface area contributed by atoms with Crippen LogP contribution in [0.2, 0.25) is 0 Å². The number of rotatable bonds is 5. The maximum absolute atomic E-state index is 14.1. The number of halogens is 1. The SMILES string of the molecule is Fc1ccc(N(c2ccccc2)c2ccccc2-c2cc(-n3c4ccccc4c4ccccc43)cc3ccccc23)cc1. The van der Waals surface area contributed by atoms with Gasteiger partial charge in [-0.15, -0.1) is 0 Å². The largest absolute Gasteiger partial charge is 0.310 e. The molecule has 0 atom stereocenters. The Morgan fingerprint density at radius 1 is 0.442 bits per heavy atom. The molecular formula is C40H27FN2. The molecule has 204 valence electrons. The zero-order valence-electron chi connectivity index (χ0n) is 23.4. The average Bonchev–Trinajstić information content (AvgIpc) is 3.40. The van der Waals surface area contributed by atoms with E-state index in [2.05, 4.69) is 131 Å². The lowest BCUT2D eigenvalue weighted by Crippen LogP contribution is -2.11. The van der Waals surface area contributed by atoms with Crippen molar-refractivity contribution < 1.29 is 4.39 Å². The van der Waals surface area contributed by atoms with E-state index in [-0.39, 0.29) is 5.82 Å². The first kappa shape index (κ1) is 25.1. The van der Waals surface area contributed by atoms with Gasteiger partial charge in [-0.25, -0.2) is 4.39 Å². The summed E-state index contributed by atoms with van der Waals surface area (Å²) in [5.74, 6) is -0.255. The molecule has 0 bridgehead atoms. The van der Waals surface area contributed by atoms with Crippen LogP contribution in [0.3, 0.4) is 0 Å². The zero-order chi connectivity index (χ0) is 28.8. The number of fused-ring (bicyclic) bond motifs is 4. The molecule has 0 radical (unpaired) electrons. The minimum atomic E-state index is -0.255. The smallest absolute Gasteiger partial charge is 0.123 e. The second-order valence-electron chi connectivity index (χ2n) is 10.7. The second kappa shape index (κ2) is 10.3. The van der Waals surface area contributed by atoms with E-state index >= 15 is 0 Å². The van der Waals surface area contributed by atoms with Crippen LogP contribution in [0, 0.1) is 5.82 Å². The molecule has 0 aliphatic carbocycles. The molecule has 8 aromatic rings. The molecule has 0 amide bonds. The Morgan fingerprint density at radius 3 is 1.72 bits per heavy atom. The van der Waals surface area contributed by atoms with E-state index < -0.39 is 0 Å². The summed E-state index contributed by atoms with van der Waals surface area (Å²) in [7, 11) is 0. The molecule has 0 saturated heterocycles. The van der Waals surface area contributed by atoms with Crippen molar-refractivity contribution in [2.75, 3.05) is 4.90 Å². The summed E-state index contributed by atoms with van der Waals surface area (Å²) in [6, 6.07) is 55.9. The van der Waals surface area contributed by atoms with Gasteiger partial charge in [0, 0.05) is 33.4 Å². The molecular weight excluding hydrogens is 527 g/mol. The van der Waals surface area contributed by atoms with E-state index in [1.807, 2.05) is 30.3 Å². The van der Waals surface area contributed by atoms with Crippen molar-refractivity contribution in [2.45, 2.75) is 0 Å². The fourth-order valence-corrected chi connectivity index (χ4v) is 6.34. The molecule has 2 nitrogen and oxygen atoms in total. The van der Waals surface area contributed by atoms with Crippen molar-refractivity contribution in [3.8, 4) is 16.8 Å². The highest BCUT2D eigenvalue weighted by Crippen LogP contribution is 2.44. The topological polar surface area (TPSA) is 8.17 Å². The van der Waals surface area contributed by atoms with Crippen LogP contribution < -0.4 is 4.90 Å². The lowest BCUT2D eigenvalue weighted by molar-refractivity contribution is 0.628. The lowest BCUT2D eigenvalue weighted by Gasteiger charge is -2.28. The molecule has 0 spiro atoms. The van der Waals surface area contributed by atoms with Gasteiger partial charge in [-0.2, -0.15) is 0 Å². The molecule has 0 aliphatic rings. The van der Waals surface area contributed by atoms with Gasteiger partial charge in [0.15, 0.2) is 0 Å². The van der Waals surface area contributed by atoms with Gasteiger partial charge >= 0.3 is 0 Å². The summed E-state index contributed by atoms with van der Waals surface area (Å²) in [4.78, 5) is 2.21. The highest BCUT2D eigenvalue weighted by Gasteiger charge is 2.20. The second-order valence-corrected chi connectivity index (χ2v) is 10.7. The molecule has 0 fully saturated rings. The highest BCUT2D eigenvalue weighted by molar-refractivity contribution is 6.10. The first-order chi connectivity index (χ1) is 21.3. The third-order valence-corrected chi connectivity index (χ3v) is 8.22. The Bertz CT molecular complexity index is 2190. The summed E-state index contributed by atoms with van der Waals surface area (Å²) in [5, 5.41) is 4.81. The number of hydrogen-bond donors (Lipinski definition) is 0. The van der Waals surface area contributed by atoms with Gasteiger partial charge in [0.25, 0.3) is 0 Å². The minimum Gasteiger partial charge on any atom is -0.310 e. The van der Waals surface area contributed by atoms with E-state index in [1.54, 1.807) is 0 Å². The number of aromatic nitrogens is 1. The van der Waals surface area contributed by atoms with Crippen LogP contribution in [0.25, 0.3) is 49.4 Å². The van der Waals surface area contributed by atoms with Crippen LogP contribution in [-0.2, 0) is 0 Å². The normalized spacial score (nSPS) is 11.4. The van der Waals surface area contributed by atoms with Crippen molar-refractivity contribution >= 4 is 49.6 Å². The van der Waals surface area contributed by atoms with Crippen molar-refractivity contribution in [3.63, 3.8) is 0 Å². The monoisotopic (exact) mass is 554 g/mol. The predicted octanol–water partition coefficient (Wildman–Crippen LogP) is 11.2. The zero-order valence-corrected chi connectivity index (χ0v) is 23.4. The van der Waals surface area contributed by atoms with Gasteiger partial charge in [0.2, 0.25) is 0 Å². The first-order valence-electron chi connectivity index (χ1n) is 14.5. The molecule has 0 N–H and O–H groups in total. The number of anilines is 3. The van der Waals surface area contributed by atoms with Gasteiger partial charge < -0.3 is 9.47 Å². The Morgan fingerprint density at radius 2 is 1.00 bits per heavy atom. The van der Waals surface area contributed by atoms with Crippen molar-refractivity contribution in [1.29, 1.82) is 0 Å². The molecule has 1 aromatic heterocycles. The van der Waals surface area contributed by atoms with Crippen LogP contribution in [0.1, 0.15) is 0 Å². The minimum absolute atomic E-state index is 0.255. The molecule has 7 aromatic carbocycles. The van der Waals surface area contributed by atoms with E-state index in [0.717, 1.165) is 33.9 Å². The Hall–Kier alpha value is -5.67. The van der Waals surface area contributed by atoms with E-state index in [9.17, 15) is 4.39 Å². The van der Waals surface area contributed by atoms with E-state index in [4.69, 9.17) is 0 Å². The standard InChI is InChI=1S/C40H27FN2/c41-29-22-24-31(25-23-29)42(30-13-2-1-3-14-30)38-19-9-8-18-36(38)37-27-32(26-28-12-4-5-15-33(28)37)43-39-20-10-6-16-34(39)35-17-7-11-21-40(35)43/h1-27H. The summed E-state index contributed by atoms with van der Waals surface area (Å²) >= 11 is 0. The third-order valence-electron chi connectivity index (χ3n) is 8.22. The number of hydrogen-bond acceptors (Lipinski definition) is 1. The number of nitrogens with zero attached hydrogens (tertiary/aromatic N) is 2. The summed E-state index contributed by atoms with van der Waals surface area (Å²) in [6.45, 7) is 0. The van der Waals surface area contributed by atoms with Crippen LogP contribution in [0.15, 0.2) is 164 Å². The predicted molar refractivity (Wildman–Crippen MR) is 178 cm³/mol. The van der Waals surface area contributed by atoms with Gasteiger partial charge in [-0.05, 0) is 83.1 Å². The molecule has 8 rings (SSSR count). The van der Waals surface area contributed by atoms with Gasteiger partial charge in [0.05, 0.1) is 16.7 Å². The maximum atomic E-state index is 14.1. The van der Waals surface area contributed by atoms with Gasteiger partial charge in [-0.3, -0.25) is 0 Å². The van der Waals surface area contributed by atoms with Crippen LogP contribution >= 0.6 is 0 Å². The Labute approximate surface area is 249 Å². The molecule has 3 heteroatoms. The van der Waals surface area contributed by atoms with Crippen molar-refractivity contribution in [3.05, 3.63) is 170 Å². The molecule has 0 aliphatic heterocycles. The molecule has 1 heterocycles. The first-order valence-corrected chi connectivity index (χ1v) is 14.5. The van der Waals surface area contributed by atoms with Gasteiger partial charge in [0.1, 0.15) is 5.82 Å². The van der Waals surface area contributed by atoms with Crippen molar-refractivity contribution in [2.24, 2.45) is 0 Å². The maximum Gasteiger partial charge on any atom is 0.123 e. The summed E-state index contributed by atoms with van der Waals surface area (Å²) in [5.41, 5.74) is 8.60. The van der Waals surface area contributed by atoms with Crippen molar-refractivity contribution in [1.82, 2.24) is 4.57 Å². The lowest BCUT2D eigenvalue weighted by atomic mass is 9.95. The fourth-order valence-electron chi connectivity index (χ4n) is 6.34. The summed E-state index contributed by atoms with van der Waals surface area (Å²) < 4.78 is 16.4. The summed E-state index contributed by atoms with van der Waals surface area (Å²) in [6.07, 6.45) is 0. The molecule has 43 heavy (non-hydrogen) atoms. The molecule has 0 unspecified atom stereocenters. The van der Waals surface area contributed by atoms with Crippen LogP contribution in [-0.4, -0.2) is 4.57 Å².